The highest BCUT2D eigenvalue weighted by Gasteiger charge is 2.01. The number of ketones is 1. The zero-order valence-corrected chi connectivity index (χ0v) is 8.53. The Morgan fingerprint density at radius 3 is 2.27 bits per heavy atom. The Morgan fingerprint density at radius 2 is 1.73 bits per heavy atom. The van der Waals surface area contributed by atoms with Gasteiger partial charge in [0.05, 0.1) is 7.11 Å². The number of aryl methyl sites for hydroxylation is 1. The van der Waals surface area contributed by atoms with Gasteiger partial charge in [-0.05, 0) is 12.8 Å². The molecule has 0 saturated carbocycles. The van der Waals surface area contributed by atoms with Crippen LogP contribution in [0.15, 0.2) is 24.3 Å². The van der Waals surface area contributed by atoms with E-state index in [1.165, 1.54) is 7.11 Å². The third-order valence-corrected chi connectivity index (χ3v) is 1.78. The number of methoxy groups -OCH3 is 1. The van der Waals surface area contributed by atoms with Crippen molar-refractivity contribution in [3.8, 4) is 11.8 Å². The first kappa shape index (κ1) is 11.0. The Hall–Kier alpha value is -2.08. The van der Waals surface area contributed by atoms with E-state index in [-0.39, 0.29) is 5.78 Å². The van der Waals surface area contributed by atoms with Gasteiger partial charge < -0.3 is 4.74 Å². The number of hydrogen-bond acceptors (Lipinski definition) is 3. The van der Waals surface area contributed by atoms with E-state index >= 15 is 0 Å². The molecule has 0 N–H and O–H groups in total. The zero-order chi connectivity index (χ0) is 11.3. The molecule has 3 heteroatoms. The minimum atomic E-state index is -0.713. The molecule has 0 aliphatic rings. The molecule has 1 aromatic rings. The van der Waals surface area contributed by atoms with Crippen molar-refractivity contribution < 1.29 is 14.3 Å². The molecule has 0 radical (unpaired) electrons. The minimum Gasteiger partial charge on any atom is -0.459 e. The van der Waals surface area contributed by atoms with E-state index in [9.17, 15) is 9.59 Å². The second-order valence-corrected chi connectivity index (χ2v) is 2.94. The summed E-state index contributed by atoms with van der Waals surface area (Å²) in [7, 11) is 1.22. The van der Waals surface area contributed by atoms with Gasteiger partial charge in [0.25, 0.3) is 0 Å². The standard InChI is InChI=1S/C12H10O3/c1-9-3-5-10(6-4-9)11(13)7-8-12(14)15-2/h3-6H,1-2H3. The van der Waals surface area contributed by atoms with E-state index in [0.29, 0.717) is 5.56 Å². The Kier molecular flexibility index (Phi) is 3.64. The predicted octanol–water partition coefficient (Wildman–Crippen LogP) is 1.35. The van der Waals surface area contributed by atoms with Crippen LogP contribution < -0.4 is 0 Å². The van der Waals surface area contributed by atoms with Crippen molar-refractivity contribution in [2.24, 2.45) is 0 Å². The second-order valence-electron chi connectivity index (χ2n) is 2.94. The molecule has 0 fully saturated rings. The number of Topliss-reactive ketones (excluding diaryl/α,β-unsaturated/α-hetero) is 1. The van der Waals surface area contributed by atoms with Gasteiger partial charge in [-0.2, -0.15) is 0 Å². The summed E-state index contributed by atoms with van der Waals surface area (Å²) in [4.78, 5) is 22.0. The van der Waals surface area contributed by atoms with Crippen LogP contribution in [0.3, 0.4) is 0 Å². The van der Waals surface area contributed by atoms with Crippen molar-refractivity contribution in [3.63, 3.8) is 0 Å². The lowest BCUT2D eigenvalue weighted by atomic mass is 10.1. The van der Waals surface area contributed by atoms with E-state index in [4.69, 9.17) is 0 Å². The topological polar surface area (TPSA) is 43.4 Å². The summed E-state index contributed by atoms with van der Waals surface area (Å²) in [5.74, 6) is 3.19. The van der Waals surface area contributed by atoms with E-state index < -0.39 is 5.97 Å². The normalized spacial score (nSPS) is 8.67. The number of ether oxygens (including phenoxy) is 1. The van der Waals surface area contributed by atoms with Crippen LogP contribution in [-0.2, 0) is 9.53 Å². The number of hydrogen-bond donors (Lipinski definition) is 0. The maximum Gasteiger partial charge on any atom is 0.384 e. The Morgan fingerprint density at radius 1 is 1.13 bits per heavy atom. The summed E-state index contributed by atoms with van der Waals surface area (Å²) in [6.45, 7) is 1.92. The van der Waals surface area contributed by atoms with Crippen molar-refractivity contribution in [3.05, 3.63) is 35.4 Å². The number of carbonyl (C=O) groups excluding carboxylic acids is 2. The van der Waals surface area contributed by atoms with Crippen molar-refractivity contribution in [2.75, 3.05) is 7.11 Å². The average molecular weight is 202 g/mol. The Balaban J connectivity index is 2.80. The van der Waals surface area contributed by atoms with Crippen LogP contribution in [0.25, 0.3) is 0 Å². The third-order valence-electron chi connectivity index (χ3n) is 1.78. The largest absolute Gasteiger partial charge is 0.459 e. The van der Waals surface area contributed by atoms with Gasteiger partial charge in [-0.3, -0.25) is 4.79 Å². The quantitative estimate of drug-likeness (QED) is 0.227. The summed E-state index contributed by atoms with van der Waals surface area (Å²) >= 11 is 0. The van der Waals surface area contributed by atoms with Crippen LogP contribution in [0, 0.1) is 18.8 Å². The van der Waals surface area contributed by atoms with Gasteiger partial charge in [0, 0.05) is 11.5 Å². The first-order valence-electron chi connectivity index (χ1n) is 4.34. The van der Waals surface area contributed by atoms with Gasteiger partial charge in [-0.1, -0.05) is 29.8 Å². The SMILES string of the molecule is COC(=O)C#CC(=O)c1ccc(C)cc1. The fourth-order valence-electron chi connectivity index (χ4n) is 0.936. The third kappa shape index (κ3) is 3.28. The highest BCUT2D eigenvalue weighted by Crippen LogP contribution is 2.03. The van der Waals surface area contributed by atoms with Crippen molar-refractivity contribution in [2.45, 2.75) is 6.92 Å². The summed E-state index contributed by atoms with van der Waals surface area (Å²) in [5, 5.41) is 0. The van der Waals surface area contributed by atoms with Gasteiger partial charge >= 0.3 is 5.97 Å². The lowest BCUT2D eigenvalue weighted by Gasteiger charge is -1.94. The van der Waals surface area contributed by atoms with Crippen LogP contribution >= 0.6 is 0 Å². The number of benzene rings is 1. The molecule has 0 aromatic heterocycles. The molecule has 1 rings (SSSR count). The molecule has 0 unspecified atom stereocenters. The Labute approximate surface area is 88.1 Å². The molecule has 3 nitrogen and oxygen atoms in total. The molecule has 0 heterocycles. The lowest BCUT2D eigenvalue weighted by molar-refractivity contribution is -0.133. The van der Waals surface area contributed by atoms with Crippen LogP contribution in [0.1, 0.15) is 15.9 Å². The van der Waals surface area contributed by atoms with E-state index in [1.807, 2.05) is 19.1 Å². The van der Waals surface area contributed by atoms with Gasteiger partial charge in [0.15, 0.2) is 0 Å². The minimum absolute atomic E-state index is 0.389. The number of esters is 1. The van der Waals surface area contributed by atoms with Gasteiger partial charge in [-0.25, -0.2) is 4.79 Å². The average Bonchev–Trinajstić information content (AvgIpc) is 2.26. The van der Waals surface area contributed by atoms with Crippen LogP contribution in [0.4, 0.5) is 0 Å². The smallest absolute Gasteiger partial charge is 0.384 e. The summed E-state index contributed by atoms with van der Waals surface area (Å²) < 4.78 is 4.29. The fraction of sp³-hybridized carbons (Fsp3) is 0.167. The lowest BCUT2D eigenvalue weighted by Crippen LogP contribution is -1.99. The van der Waals surface area contributed by atoms with Crippen molar-refractivity contribution in [1.82, 2.24) is 0 Å². The highest BCUT2D eigenvalue weighted by atomic mass is 16.5. The van der Waals surface area contributed by atoms with E-state index in [2.05, 4.69) is 16.6 Å². The van der Waals surface area contributed by atoms with Crippen LogP contribution in [0.5, 0.6) is 0 Å². The molecule has 0 atom stereocenters. The number of rotatable bonds is 1. The fourth-order valence-corrected chi connectivity index (χ4v) is 0.936. The molecular formula is C12H10O3. The maximum atomic E-state index is 11.4. The van der Waals surface area contributed by atoms with Crippen LogP contribution in [0.2, 0.25) is 0 Å². The van der Waals surface area contributed by atoms with Crippen LogP contribution in [-0.4, -0.2) is 18.9 Å². The predicted molar refractivity (Wildman–Crippen MR) is 55.3 cm³/mol. The maximum absolute atomic E-state index is 11.4. The molecule has 15 heavy (non-hydrogen) atoms. The van der Waals surface area contributed by atoms with Gasteiger partial charge in [0.2, 0.25) is 5.78 Å². The molecule has 1 aromatic carbocycles. The molecule has 0 aliphatic heterocycles. The summed E-state index contributed by atoms with van der Waals surface area (Å²) in [6.07, 6.45) is 0. The molecule has 0 spiro atoms. The summed E-state index contributed by atoms with van der Waals surface area (Å²) in [5.41, 5.74) is 1.53. The zero-order valence-electron chi connectivity index (χ0n) is 8.53. The van der Waals surface area contributed by atoms with E-state index in [1.54, 1.807) is 12.1 Å². The number of carbonyl (C=O) groups is 2. The van der Waals surface area contributed by atoms with Crippen molar-refractivity contribution >= 4 is 11.8 Å². The highest BCUT2D eigenvalue weighted by molar-refractivity contribution is 6.11. The molecule has 0 amide bonds. The monoisotopic (exact) mass is 202 g/mol. The first-order valence-corrected chi connectivity index (χ1v) is 4.34. The second kappa shape index (κ2) is 4.97. The summed E-state index contributed by atoms with van der Waals surface area (Å²) in [6, 6.07) is 6.97. The van der Waals surface area contributed by atoms with Gasteiger partial charge in [0.1, 0.15) is 0 Å². The van der Waals surface area contributed by atoms with Crippen molar-refractivity contribution in [1.29, 1.82) is 0 Å². The molecule has 76 valence electrons. The molecule has 0 aliphatic carbocycles. The first-order chi connectivity index (χ1) is 7.13. The van der Waals surface area contributed by atoms with Gasteiger partial charge in [-0.15, -0.1) is 0 Å². The Bertz CT molecular complexity index is 432. The van der Waals surface area contributed by atoms with E-state index in [0.717, 1.165) is 5.56 Å². The molecule has 0 saturated heterocycles. The molecule has 0 bridgehead atoms. The molecular weight excluding hydrogens is 192 g/mol.